The molecule has 0 spiro atoms. The van der Waals surface area contributed by atoms with Crippen LogP contribution in [-0.4, -0.2) is 28.7 Å². The lowest BCUT2D eigenvalue weighted by Crippen LogP contribution is -2.43. The first-order valence-corrected chi connectivity index (χ1v) is 16.5. The third-order valence-electron chi connectivity index (χ3n) is 10.7. The van der Waals surface area contributed by atoms with Crippen LogP contribution in [0.4, 0.5) is 11.4 Å². The molecule has 7 nitrogen and oxygen atoms in total. The van der Waals surface area contributed by atoms with Crippen LogP contribution in [0, 0.1) is 43.4 Å². The van der Waals surface area contributed by atoms with Crippen molar-refractivity contribution in [3.05, 3.63) is 111 Å². The zero-order chi connectivity index (χ0) is 32.9. The number of hydrogen-bond acceptors (Lipinski definition) is 5. The maximum Gasteiger partial charge on any atom is 0.238 e. The molecule has 2 heterocycles. The predicted octanol–water partition coefficient (Wildman–Crippen LogP) is 7.51. The normalized spacial score (nSPS) is 26.9. The summed E-state index contributed by atoms with van der Waals surface area (Å²) in [4.78, 5) is 59.3. The van der Waals surface area contributed by atoms with Crippen LogP contribution in [0.3, 0.4) is 0 Å². The van der Waals surface area contributed by atoms with E-state index in [2.05, 4.69) is 0 Å². The minimum Gasteiger partial charge on any atom is -0.507 e. The maximum atomic E-state index is 14.4. The number of phenols is 1. The van der Waals surface area contributed by atoms with E-state index < -0.39 is 35.5 Å². The van der Waals surface area contributed by atoms with Crippen molar-refractivity contribution in [2.75, 3.05) is 9.80 Å². The van der Waals surface area contributed by atoms with Gasteiger partial charge in [0.25, 0.3) is 0 Å². The number of allylic oxidation sites excluding steroid dienone is 2. The van der Waals surface area contributed by atoms with Crippen molar-refractivity contribution in [1.29, 1.82) is 0 Å². The summed E-state index contributed by atoms with van der Waals surface area (Å²) in [6.07, 6.45) is 2.50. The Morgan fingerprint density at radius 3 is 1.91 bits per heavy atom. The number of carbonyl (C=O) groups excluding carboxylic acids is 4. The first kappa shape index (κ1) is 29.9. The minimum absolute atomic E-state index is 0.0392. The molecule has 4 amide bonds. The molecule has 6 atom stereocenters. The second-order valence-corrected chi connectivity index (χ2v) is 14.0. The monoisotopic (exact) mass is 664 g/mol. The Balaban J connectivity index is 1.27. The Labute approximate surface area is 281 Å². The van der Waals surface area contributed by atoms with E-state index in [-0.39, 0.29) is 35.8 Å². The van der Waals surface area contributed by atoms with E-state index in [0.29, 0.717) is 38.8 Å². The van der Waals surface area contributed by atoms with Gasteiger partial charge in [0.15, 0.2) is 0 Å². The minimum atomic E-state index is -0.812. The molecule has 236 valence electrons. The largest absolute Gasteiger partial charge is 0.507 e. The summed E-state index contributed by atoms with van der Waals surface area (Å²) in [7, 11) is 0. The Morgan fingerprint density at radius 1 is 0.681 bits per heavy atom. The van der Waals surface area contributed by atoms with Crippen molar-refractivity contribution < 1.29 is 24.3 Å². The highest BCUT2D eigenvalue weighted by molar-refractivity contribution is 6.33. The molecule has 2 aliphatic heterocycles. The first-order chi connectivity index (χ1) is 22.6. The van der Waals surface area contributed by atoms with Crippen LogP contribution in [0.2, 0.25) is 10.0 Å². The molecule has 6 unspecified atom stereocenters. The number of amides is 4. The molecule has 47 heavy (non-hydrogen) atoms. The van der Waals surface area contributed by atoms with Gasteiger partial charge in [0, 0.05) is 26.9 Å². The zero-order valence-corrected chi connectivity index (χ0v) is 27.1. The SMILES string of the molecule is Cc1ccc(N2C(=O)C3CC=C4C(CC5C(=O)N(c6ccc(C)c(Cl)c6)C(=O)C5C4c4ccc5ccccc5c4O)C3C2=O)cc1Cl. The highest BCUT2D eigenvalue weighted by atomic mass is 35.5. The van der Waals surface area contributed by atoms with Crippen molar-refractivity contribution in [2.45, 2.75) is 32.6 Å². The smallest absolute Gasteiger partial charge is 0.238 e. The van der Waals surface area contributed by atoms with Crippen LogP contribution in [0.15, 0.2) is 84.4 Å². The van der Waals surface area contributed by atoms with Crippen LogP contribution in [0.1, 0.15) is 35.4 Å². The molecule has 4 aliphatic rings. The summed E-state index contributed by atoms with van der Waals surface area (Å²) in [6.45, 7) is 3.70. The van der Waals surface area contributed by atoms with Crippen LogP contribution in [0.5, 0.6) is 5.75 Å². The molecular formula is C38H30Cl2N2O5. The van der Waals surface area contributed by atoms with Gasteiger partial charge in [-0.15, -0.1) is 0 Å². The summed E-state index contributed by atoms with van der Waals surface area (Å²) in [6, 6.07) is 21.4. The molecule has 8 rings (SSSR count). The van der Waals surface area contributed by atoms with Crippen LogP contribution < -0.4 is 9.80 Å². The standard InChI is InChI=1S/C38H30Cl2N2O5/c1-18-7-10-21(15-29(18)39)41-35(44)26-14-13-24-27(32(26)37(41)46)17-28-33(31(24)25-12-9-20-5-3-4-6-23(20)34(25)43)38(47)42(36(28)45)22-11-8-19(2)30(40)16-22/h3-13,15-16,26-28,31-33,43H,14,17H2,1-2H3. The van der Waals surface area contributed by atoms with Crippen molar-refractivity contribution >= 4 is 69.0 Å². The average molecular weight is 666 g/mol. The Hall–Kier alpha value is -4.46. The fourth-order valence-corrected chi connectivity index (χ4v) is 8.76. The quantitative estimate of drug-likeness (QED) is 0.181. The number of hydrogen-bond donors (Lipinski definition) is 1. The zero-order valence-electron chi connectivity index (χ0n) is 25.6. The summed E-state index contributed by atoms with van der Waals surface area (Å²) in [5.74, 6) is -5.44. The Kier molecular flexibility index (Phi) is 6.87. The van der Waals surface area contributed by atoms with Gasteiger partial charge in [0.1, 0.15) is 5.75 Å². The van der Waals surface area contributed by atoms with Gasteiger partial charge in [-0.1, -0.05) is 83.4 Å². The summed E-state index contributed by atoms with van der Waals surface area (Å²) in [5.41, 5.74) is 3.78. The first-order valence-electron chi connectivity index (χ1n) is 15.7. The number of aryl methyl sites for hydroxylation is 2. The fraction of sp³-hybridized carbons (Fsp3) is 0.263. The molecule has 4 aromatic carbocycles. The lowest BCUT2D eigenvalue weighted by molar-refractivity contribution is -0.126. The van der Waals surface area contributed by atoms with E-state index in [4.69, 9.17) is 23.2 Å². The van der Waals surface area contributed by atoms with E-state index in [1.807, 2.05) is 56.3 Å². The second kappa shape index (κ2) is 10.8. The second-order valence-electron chi connectivity index (χ2n) is 13.1. The fourth-order valence-electron chi connectivity index (χ4n) is 8.41. The number of anilines is 2. The molecule has 0 bridgehead atoms. The number of phenolic OH excluding ortho intramolecular Hbond substituents is 1. The molecule has 1 N–H and O–H groups in total. The molecular weight excluding hydrogens is 635 g/mol. The number of rotatable bonds is 3. The average Bonchev–Trinajstić information content (AvgIpc) is 3.47. The Bertz CT molecular complexity index is 2110. The highest BCUT2D eigenvalue weighted by Gasteiger charge is 2.62. The summed E-state index contributed by atoms with van der Waals surface area (Å²) >= 11 is 12.8. The number of imide groups is 2. The molecule has 0 aromatic heterocycles. The van der Waals surface area contributed by atoms with Gasteiger partial charge in [-0.2, -0.15) is 0 Å². The van der Waals surface area contributed by atoms with Gasteiger partial charge in [-0.05, 0) is 73.4 Å². The summed E-state index contributed by atoms with van der Waals surface area (Å²) in [5, 5.41) is 14.1. The number of nitrogens with zero attached hydrogens (tertiary/aromatic N) is 2. The summed E-state index contributed by atoms with van der Waals surface area (Å²) < 4.78 is 0. The van der Waals surface area contributed by atoms with Gasteiger partial charge < -0.3 is 5.11 Å². The van der Waals surface area contributed by atoms with E-state index >= 15 is 0 Å². The van der Waals surface area contributed by atoms with Crippen LogP contribution >= 0.6 is 23.2 Å². The van der Waals surface area contributed by atoms with E-state index in [1.54, 1.807) is 36.4 Å². The predicted molar refractivity (Wildman–Crippen MR) is 180 cm³/mol. The lowest BCUT2D eigenvalue weighted by atomic mass is 9.57. The maximum absolute atomic E-state index is 14.4. The van der Waals surface area contributed by atoms with Gasteiger partial charge >= 0.3 is 0 Å². The van der Waals surface area contributed by atoms with Gasteiger partial charge in [-0.25, -0.2) is 9.80 Å². The number of carbonyl (C=O) groups is 4. The number of benzene rings is 4. The molecule has 1 saturated carbocycles. The molecule has 2 aliphatic carbocycles. The molecule has 9 heteroatoms. The molecule has 2 saturated heterocycles. The molecule has 3 fully saturated rings. The number of halogens is 2. The van der Waals surface area contributed by atoms with Gasteiger partial charge in [-0.3, -0.25) is 19.2 Å². The number of fused-ring (bicyclic) bond motifs is 5. The van der Waals surface area contributed by atoms with E-state index in [1.165, 1.54) is 9.80 Å². The third-order valence-corrected chi connectivity index (χ3v) is 11.6. The highest BCUT2D eigenvalue weighted by Crippen LogP contribution is 2.59. The van der Waals surface area contributed by atoms with Crippen LogP contribution in [0.25, 0.3) is 10.8 Å². The van der Waals surface area contributed by atoms with E-state index in [0.717, 1.165) is 22.1 Å². The van der Waals surface area contributed by atoms with Crippen molar-refractivity contribution in [3.8, 4) is 5.75 Å². The lowest BCUT2D eigenvalue weighted by Gasteiger charge is -2.44. The van der Waals surface area contributed by atoms with Gasteiger partial charge in [0.2, 0.25) is 23.6 Å². The number of aromatic hydroxyl groups is 1. The topological polar surface area (TPSA) is 95.0 Å². The molecule has 4 aromatic rings. The van der Waals surface area contributed by atoms with E-state index in [9.17, 15) is 24.3 Å². The van der Waals surface area contributed by atoms with Crippen LogP contribution in [-0.2, 0) is 19.2 Å². The third kappa shape index (κ3) is 4.32. The Morgan fingerprint density at radius 2 is 1.28 bits per heavy atom. The van der Waals surface area contributed by atoms with Crippen molar-refractivity contribution in [1.82, 2.24) is 0 Å². The van der Waals surface area contributed by atoms with Crippen molar-refractivity contribution in [2.24, 2.45) is 29.6 Å². The van der Waals surface area contributed by atoms with Crippen molar-refractivity contribution in [3.63, 3.8) is 0 Å². The molecule has 0 radical (unpaired) electrons. The van der Waals surface area contributed by atoms with Gasteiger partial charge in [0.05, 0.1) is 35.0 Å².